The summed E-state index contributed by atoms with van der Waals surface area (Å²) in [6.07, 6.45) is 2.68. The van der Waals surface area contributed by atoms with Crippen molar-refractivity contribution >= 4 is 0 Å². The van der Waals surface area contributed by atoms with Crippen LogP contribution in [0.25, 0.3) is 0 Å². The molecular weight excluding hydrogens is 262 g/mol. The Morgan fingerprint density at radius 1 is 1.19 bits per heavy atom. The zero-order valence-corrected chi connectivity index (χ0v) is 13.2. The lowest BCUT2D eigenvalue weighted by atomic mass is 10.2. The van der Waals surface area contributed by atoms with Gasteiger partial charge in [0.15, 0.2) is 0 Å². The molecule has 0 saturated carbocycles. The van der Waals surface area contributed by atoms with Crippen LogP contribution in [0.2, 0.25) is 0 Å². The summed E-state index contributed by atoms with van der Waals surface area (Å²) < 4.78 is 7.65. The maximum Gasteiger partial charge on any atom is 0.119 e. The molecule has 0 spiro atoms. The van der Waals surface area contributed by atoms with Gasteiger partial charge < -0.3 is 10.1 Å². The van der Waals surface area contributed by atoms with Gasteiger partial charge in [0, 0.05) is 31.9 Å². The van der Waals surface area contributed by atoms with Crippen molar-refractivity contribution in [1.82, 2.24) is 15.1 Å². The fourth-order valence-electron chi connectivity index (χ4n) is 2.13. The van der Waals surface area contributed by atoms with E-state index in [1.807, 2.05) is 36.1 Å². The Hall–Kier alpha value is -1.81. The van der Waals surface area contributed by atoms with Gasteiger partial charge in [0.2, 0.25) is 0 Å². The number of ether oxygens (including phenoxy) is 1. The lowest BCUT2D eigenvalue weighted by Crippen LogP contribution is -2.18. The van der Waals surface area contributed by atoms with Crippen LogP contribution in [0, 0.1) is 5.92 Å². The molecule has 0 aliphatic heterocycles. The van der Waals surface area contributed by atoms with Gasteiger partial charge in [0.25, 0.3) is 0 Å². The van der Waals surface area contributed by atoms with Crippen molar-refractivity contribution in [3.05, 3.63) is 47.8 Å². The first-order chi connectivity index (χ1) is 10.1. The molecule has 1 aromatic heterocycles. The second-order valence-electron chi connectivity index (χ2n) is 5.71. The largest absolute Gasteiger partial charge is 0.493 e. The molecule has 4 heteroatoms. The van der Waals surface area contributed by atoms with Crippen LogP contribution in [-0.4, -0.2) is 22.9 Å². The average Bonchev–Trinajstić information content (AvgIpc) is 2.86. The molecule has 0 saturated heterocycles. The highest BCUT2D eigenvalue weighted by atomic mass is 16.5. The second kappa shape index (κ2) is 7.84. The minimum atomic E-state index is 0.671. The third-order valence-corrected chi connectivity index (χ3v) is 3.35. The molecule has 0 amide bonds. The quantitative estimate of drug-likeness (QED) is 0.811. The molecule has 1 aromatic carbocycles. The van der Waals surface area contributed by atoms with E-state index < -0.39 is 0 Å². The number of hydrogen-bond acceptors (Lipinski definition) is 3. The van der Waals surface area contributed by atoms with Crippen LogP contribution in [0.5, 0.6) is 5.75 Å². The van der Waals surface area contributed by atoms with E-state index in [0.29, 0.717) is 12.5 Å². The number of nitrogens with one attached hydrogen (secondary N) is 1. The van der Waals surface area contributed by atoms with Crippen molar-refractivity contribution in [3.63, 3.8) is 0 Å². The summed E-state index contributed by atoms with van der Waals surface area (Å²) in [6, 6.07) is 10.3. The molecule has 21 heavy (non-hydrogen) atoms. The molecule has 4 nitrogen and oxygen atoms in total. The summed E-state index contributed by atoms with van der Waals surface area (Å²) in [5.41, 5.74) is 2.47. The van der Waals surface area contributed by atoms with E-state index in [0.717, 1.165) is 25.3 Å². The predicted octanol–water partition coefficient (Wildman–Crippen LogP) is 2.79. The normalized spacial score (nSPS) is 11.0. The van der Waals surface area contributed by atoms with Gasteiger partial charge in [-0.3, -0.25) is 4.68 Å². The third-order valence-electron chi connectivity index (χ3n) is 3.35. The molecule has 0 aliphatic rings. The van der Waals surface area contributed by atoms with Crippen molar-refractivity contribution in [3.8, 4) is 5.75 Å². The predicted molar refractivity (Wildman–Crippen MR) is 85.4 cm³/mol. The maximum atomic E-state index is 5.77. The molecule has 0 radical (unpaired) electrons. The summed E-state index contributed by atoms with van der Waals surface area (Å²) in [4.78, 5) is 0. The summed E-state index contributed by atoms with van der Waals surface area (Å²) in [5.74, 6) is 1.60. The first kappa shape index (κ1) is 15.6. The van der Waals surface area contributed by atoms with E-state index >= 15 is 0 Å². The minimum Gasteiger partial charge on any atom is -0.493 e. The molecule has 0 aliphatic carbocycles. The second-order valence-corrected chi connectivity index (χ2v) is 5.71. The summed E-state index contributed by atoms with van der Waals surface area (Å²) in [5, 5.41) is 7.59. The zero-order chi connectivity index (χ0) is 15.1. The summed E-state index contributed by atoms with van der Waals surface area (Å²) in [6.45, 7) is 7.05. The van der Waals surface area contributed by atoms with Crippen molar-refractivity contribution < 1.29 is 4.74 Å². The van der Waals surface area contributed by atoms with Gasteiger partial charge in [-0.25, -0.2) is 0 Å². The molecule has 0 fully saturated rings. The van der Waals surface area contributed by atoms with Crippen LogP contribution in [-0.2, 0) is 20.0 Å². The van der Waals surface area contributed by atoms with Crippen LogP contribution in [0.4, 0.5) is 0 Å². The Bertz CT molecular complexity index is 531. The number of aromatic nitrogens is 2. The molecular formula is C17H25N3O. The molecule has 1 N–H and O–H groups in total. The van der Waals surface area contributed by atoms with Crippen LogP contribution in [0.1, 0.15) is 25.1 Å². The van der Waals surface area contributed by atoms with E-state index in [1.54, 1.807) is 0 Å². The highest BCUT2D eigenvalue weighted by Crippen LogP contribution is 2.12. The van der Waals surface area contributed by atoms with Gasteiger partial charge in [0.1, 0.15) is 5.75 Å². The van der Waals surface area contributed by atoms with Gasteiger partial charge in [-0.2, -0.15) is 5.10 Å². The monoisotopic (exact) mass is 287 g/mol. The lowest BCUT2D eigenvalue weighted by molar-refractivity contribution is 0.318. The maximum absolute atomic E-state index is 5.77. The molecule has 0 atom stereocenters. The van der Waals surface area contributed by atoms with E-state index in [9.17, 15) is 0 Å². The van der Waals surface area contributed by atoms with Gasteiger partial charge in [-0.1, -0.05) is 26.0 Å². The number of benzene rings is 1. The highest BCUT2D eigenvalue weighted by molar-refractivity contribution is 5.27. The molecule has 0 bridgehead atoms. The highest BCUT2D eigenvalue weighted by Gasteiger charge is 2.00. The molecule has 2 rings (SSSR count). The molecule has 0 unspecified atom stereocenters. The number of hydrogen-bond donors (Lipinski definition) is 1. The van der Waals surface area contributed by atoms with Gasteiger partial charge in [-0.05, 0) is 36.2 Å². The SMILES string of the molecule is CC(C)CNCc1ccc(OCCc2ccnn2C)cc1. The molecule has 1 heterocycles. The summed E-state index contributed by atoms with van der Waals surface area (Å²) >= 11 is 0. The van der Waals surface area contributed by atoms with E-state index in [4.69, 9.17) is 4.74 Å². The first-order valence-corrected chi connectivity index (χ1v) is 7.54. The zero-order valence-electron chi connectivity index (χ0n) is 13.2. The van der Waals surface area contributed by atoms with E-state index in [-0.39, 0.29) is 0 Å². The minimum absolute atomic E-state index is 0.671. The average molecular weight is 287 g/mol. The van der Waals surface area contributed by atoms with Crippen LogP contribution in [0.3, 0.4) is 0 Å². The fraction of sp³-hybridized carbons (Fsp3) is 0.471. The van der Waals surface area contributed by atoms with Crippen LogP contribution in [0.15, 0.2) is 36.5 Å². The fourth-order valence-corrected chi connectivity index (χ4v) is 2.13. The summed E-state index contributed by atoms with van der Waals surface area (Å²) in [7, 11) is 1.95. The Morgan fingerprint density at radius 2 is 1.95 bits per heavy atom. The number of rotatable bonds is 8. The van der Waals surface area contributed by atoms with Gasteiger partial charge in [-0.15, -0.1) is 0 Å². The van der Waals surface area contributed by atoms with E-state index in [2.05, 4.69) is 36.4 Å². The van der Waals surface area contributed by atoms with Crippen molar-refractivity contribution in [2.24, 2.45) is 13.0 Å². The van der Waals surface area contributed by atoms with Crippen molar-refractivity contribution in [2.45, 2.75) is 26.8 Å². The lowest BCUT2D eigenvalue weighted by Gasteiger charge is -2.09. The smallest absolute Gasteiger partial charge is 0.119 e. The van der Waals surface area contributed by atoms with Crippen LogP contribution < -0.4 is 10.1 Å². The Balaban J connectivity index is 1.73. The standard InChI is InChI=1S/C17H25N3O/c1-14(2)12-18-13-15-4-6-17(7-5-15)21-11-9-16-8-10-19-20(16)3/h4-8,10,14,18H,9,11-13H2,1-3H3. The Kier molecular flexibility index (Phi) is 5.81. The van der Waals surface area contributed by atoms with Crippen molar-refractivity contribution in [1.29, 1.82) is 0 Å². The van der Waals surface area contributed by atoms with E-state index in [1.165, 1.54) is 11.3 Å². The Morgan fingerprint density at radius 3 is 2.57 bits per heavy atom. The Labute approximate surface area is 127 Å². The van der Waals surface area contributed by atoms with Gasteiger partial charge in [0.05, 0.1) is 6.61 Å². The number of aryl methyl sites for hydroxylation is 1. The van der Waals surface area contributed by atoms with Crippen molar-refractivity contribution in [2.75, 3.05) is 13.2 Å². The van der Waals surface area contributed by atoms with Gasteiger partial charge >= 0.3 is 0 Å². The topological polar surface area (TPSA) is 39.1 Å². The molecule has 2 aromatic rings. The third kappa shape index (κ3) is 5.23. The van der Waals surface area contributed by atoms with Crippen LogP contribution >= 0.6 is 0 Å². The molecule has 114 valence electrons. The number of nitrogens with zero attached hydrogens (tertiary/aromatic N) is 2. The first-order valence-electron chi connectivity index (χ1n) is 7.54.